The summed E-state index contributed by atoms with van der Waals surface area (Å²) in [6.07, 6.45) is 2.51. The summed E-state index contributed by atoms with van der Waals surface area (Å²) in [5, 5.41) is 0. The lowest BCUT2D eigenvalue weighted by atomic mass is 10.1. The molecular formula is C23H31N3O. The third kappa shape index (κ3) is 4.02. The molecule has 0 unspecified atom stereocenters. The first-order valence-electron chi connectivity index (χ1n) is 10.2. The molecule has 2 aliphatic rings. The van der Waals surface area contributed by atoms with E-state index in [0.29, 0.717) is 12.6 Å². The van der Waals surface area contributed by atoms with Gasteiger partial charge in [0.1, 0.15) is 0 Å². The number of hydrogen-bond acceptors (Lipinski definition) is 3. The van der Waals surface area contributed by atoms with Crippen molar-refractivity contribution >= 4 is 5.78 Å². The van der Waals surface area contributed by atoms with E-state index in [1.54, 1.807) is 0 Å². The number of carbonyl (C=O) groups excluding carboxylic acids is 1. The molecule has 4 nitrogen and oxygen atoms in total. The zero-order valence-corrected chi connectivity index (χ0v) is 16.9. The third-order valence-electron chi connectivity index (χ3n) is 6.18. The Hall–Kier alpha value is -1.91. The van der Waals surface area contributed by atoms with Crippen LogP contribution >= 0.6 is 0 Å². The molecule has 1 aromatic carbocycles. The summed E-state index contributed by atoms with van der Waals surface area (Å²) < 4.78 is 2.37. The van der Waals surface area contributed by atoms with Gasteiger partial charge in [-0.2, -0.15) is 0 Å². The van der Waals surface area contributed by atoms with Crippen molar-refractivity contribution in [2.45, 2.75) is 46.2 Å². The number of hydrogen-bond donors (Lipinski definition) is 0. The molecule has 2 heterocycles. The van der Waals surface area contributed by atoms with Gasteiger partial charge < -0.3 is 4.57 Å². The number of Topliss-reactive ketones (excluding diaryl/α,β-unsaturated/α-hetero) is 1. The molecule has 0 amide bonds. The Morgan fingerprint density at radius 1 is 1.00 bits per heavy atom. The minimum Gasteiger partial charge on any atom is -0.345 e. The number of aryl methyl sites for hydroxylation is 2. The molecule has 0 radical (unpaired) electrons. The van der Waals surface area contributed by atoms with Gasteiger partial charge in [-0.1, -0.05) is 24.3 Å². The fourth-order valence-electron chi connectivity index (χ4n) is 4.38. The SMILES string of the molecule is Cc1ccccc1CN1CCN(CC(=O)c2cc(C)n(C3CC3)c2C)CC1. The van der Waals surface area contributed by atoms with Gasteiger partial charge in [-0.25, -0.2) is 0 Å². The maximum atomic E-state index is 12.9. The second-order valence-corrected chi connectivity index (χ2v) is 8.29. The summed E-state index contributed by atoms with van der Waals surface area (Å²) in [7, 11) is 0. The summed E-state index contributed by atoms with van der Waals surface area (Å²) in [4.78, 5) is 17.7. The summed E-state index contributed by atoms with van der Waals surface area (Å²) >= 11 is 0. The summed E-state index contributed by atoms with van der Waals surface area (Å²) in [6, 6.07) is 11.4. The quantitative estimate of drug-likeness (QED) is 0.730. The van der Waals surface area contributed by atoms with Crippen LogP contribution in [0.1, 0.15) is 51.8 Å². The number of piperazine rings is 1. The minimum absolute atomic E-state index is 0.280. The first-order valence-corrected chi connectivity index (χ1v) is 10.2. The van der Waals surface area contributed by atoms with Crippen molar-refractivity contribution in [3.05, 3.63) is 58.4 Å². The Morgan fingerprint density at radius 2 is 1.67 bits per heavy atom. The van der Waals surface area contributed by atoms with E-state index in [4.69, 9.17) is 0 Å². The lowest BCUT2D eigenvalue weighted by molar-refractivity contribution is 0.0843. The summed E-state index contributed by atoms with van der Waals surface area (Å²) in [5.41, 5.74) is 6.11. The molecule has 0 spiro atoms. The molecule has 0 bridgehead atoms. The zero-order valence-electron chi connectivity index (χ0n) is 16.9. The van der Waals surface area contributed by atoms with Crippen LogP contribution in [0.4, 0.5) is 0 Å². The van der Waals surface area contributed by atoms with Crippen LogP contribution in [0.5, 0.6) is 0 Å². The van der Waals surface area contributed by atoms with E-state index in [1.165, 1.54) is 29.7 Å². The highest BCUT2D eigenvalue weighted by Gasteiger charge is 2.29. The van der Waals surface area contributed by atoms with Crippen LogP contribution in [-0.2, 0) is 6.54 Å². The van der Waals surface area contributed by atoms with Crippen LogP contribution in [-0.4, -0.2) is 52.9 Å². The predicted octanol–water partition coefficient (Wildman–Crippen LogP) is 3.75. The molecule has 4 rings (SSSR count). The van der Waals surface area contributed by atoms with Gasteiger partial charge in [0.15, 0.2) is 5.78 Å². The highest BCUT2D eigenvalue weighted by atomic mass is 16.1. The zero-order chi connectivity index (χ0) is 19.0. The molecule has 1 aliphatic carbocycles. The molecule has 0 N–H and O–H groups in total. The maximum Gasteiger partial charge on any atom is 0.178 e. The van der Waals surface area contributed by atoms with Gasteiger partial charge in [-0.05, 0) is 50.8 Å². The Labute approximate surface area is 162 Å². The van der Waals surface area contributed by atoms with Crippen molar-refractivity contribution in [3.8, 4) is 0 Å². The normalized spacial score (nSPS) is 18.8. The van der Waals surface area contributed by atoms with Crippen LogP contribution < -0.4 is 0 Å². The van der Waals surface area contributed by atoms with E-state index < -0.39 is 0 Å². The van der Waals surface area contributed by atoms with E-state index >= 15 is 0 Å². The molecule has 2 aromatic rings. The van der Waals surface area contributed by atoms with Crippen LogP contribution in [0.15, 0.2) is 30.3 Å². The van der Waals surface area contributed by atoms with E-state index in [-0.39, 0.29) is 5.78 Å². The van der Waals surface area contributed by atoms with E-state index in [0.717, 1.165) is 44.0 Å². The van der Waals surface area contributed by atoms with Crippen molar-refractivity contribution in [2.75, 3.05) is 32.7 Å². The van der Waals surface area contributed by atoms with Crippen LogP contribution in [0.25, 0.3) is 0 Å². The molecule has 144 valence electrons. The fraction of sp³-hybridized carbons (Fsp3) is 0.522. The monoisotopic (exact) mass is 365 g/mol. The van der Waals surface area contributed by atoms with Crippen LogP contribution in [0.2, 0.25) is 0 Å². The van der Waals surface area contributed by atoms with Gasteiger partial charge in [0.25, 0.3) is 0 Å². The van der Waals surface area contributed by atoms with Crippen LogP contribution in [0, 0.1) is 20.8 Å². The summed E-state index contributed by atoms with van der Waals surface area (Å²) in [5.74, 6) is 0.280. The van der Waals surface area contributed by atoms with Crippen molar-refractivity contribution < 1.29 is 4.79 Å². The second kappa shape index (κ2) is 7.61. The van der Waals surface area contributed by atoms with Crippen molar-refractivity contribution in [2.24, 2.45) is 0 Å². The number of aromatic nitrogens is 1. The smallest absolute Gasteiger partial charge is 0.178 e. The fourth-order valence-corrected chi connectivity index (χ4v) is 4.38. The van der Waals surface area contributed by atoms with Gasteiger partial charge >= 0.3 is 0 Å². The highest BCUT2D eigenvalue weighted by molar-refractivity contribution is 5.99. The summed E-state index contributed by atoms with van der Waals surface area (Å²) in [6.45, 7) is 12.0. The average Bonchev–Trinajstić information content (AvgIpc) is 3.43. The Morgan fingerprint density at radius 3 is 2.33 bits per heavy atom. The van der Waals surface area contributed by atoms with Gasteiger partial charge in [0, 0.05) is 55.7 Å². The van der Waals surface area contributed by atoms with Gasteiger partial charge in [0.2, 0.25) is 0 Å². The first-order chi connectivity index (χ1) is 13.0. The van der Waals surface area contributed by atoms with E-state index in [1.807, 2.05) is 0 Å². The van der Waals surface area contributed by atoms with Crippen molar-refractivity contribution in [3.63, 3.8) is 0 Å². The molecule has 1 saturated heterocycles. The molecule has 27 heavy (non-hydrogen) atoms. The lowest BCUT2D eigenvalue weighted by Crippen LogP contribution is -2.47. The lowest BCUT2D eigenvalue weighted by Gasteiger charge is -2.34. The van der Waals surface area contributed by atoms with Gasteiger partial charge in [-0.15, -0.1) is 0 Å². The molecule has 4 heteroatoms. The van der Waals surface area contributed by atoms with E-state index in [9.17, 15) is 4.79 Å². The Balaban J connectivity index is 1.32. The number of ketones is 1. The first kappa shape index (κ1) is 18.5. The average molecular weight is 366 g/mol. The van der Waals surface area contributed by atoms with E-state index in [2.05, 4.69) is 65.5 Å². The number of carbonyl (C=O) groups is 1. The van der Waals surface area contributed by atoms with Crippen LogP contribution in [0.3, 0.4) is 0 Å². The Bertz CT molecular complexity index is 826. The largest absolute Gasteiger partial charge is 0.345 e. The molecule has 0 atom stereocenters. The molecular weight excluding hydrogens is 334 g/mol. The topological polar surface area (TPSA) is 28.5 Å². The third-order valence-corrected chi connectivity index (χ3v) is 6.18. The predicted molar refractivity (Wildman–Crippen MR) is 109 cm³/mol. The van der Waals surface area contributed by atoms with Gasteiger partial charge in [-0.3, -0.25) is 14.6 Å². The molecule has 2 fully saturated rings. The highest BCUT2D eigenvalue weighted by Crippen LogP contribution is 2.38. The maximum absolute atomic E-state index is 12.9. The molecule has 1 saturated carbocycles. The molecule has 1 aromatic heterocycles. The Kier molecular flexibility index (Phi) is 5.20. The second-order valence-electron chi connectivity index (χ2n) is 8.29. The standard InChI is InChI=1S/C23H31N3O/c1-17-6-4-5-7-20(17)15-24-10-12-25(13-11-24)16-23(27)22-14-18(2)26(19(22)3)21-8-9-21/h4-7,14,21H,8-13,15-16H2,1-3H3. The number of nitrogens with zero attached hydrogens (tertiary/aromatic N) is 3. The number of rotatable bonds is 6. The minimum atomic E-state index is 0.280. The van der Waals surface area contributed by atoms with Crippen molar-refractivity contribution in [1.82, 2.24) is 14.4 Å². The molecule has 1 aliphatic heterocycles. The number of benzene rings is 1. The van der Waals surface area contributed by atoms with Crippen molar-refractivity contribution in [1.29, 1.82) is 0 Å². The van der Waals surface area contributed by atoms with Gasteiger partial charge in [0.05, 0.1) is 6.54 Å².